The van der Waals surface area contributed by atoms with Crippen LogP contribution in [-0.4, -0.2) is 35.0 Å². The highest BCUT2D eigenvalue weighted by atomic mass is 16.2. The van der Waals surface area contributed by atoms with Gasteiger partial charge in [-0.3, -0.25) is 4.57 Å². The number of aromatic nitrogens is 7. The van der Waals surface area contributed by atoms with E-state index in [0.29, 0.717) is 18.9 Å². The first-order valence-electron chi connectivity index (χ1n) is 12.5. The third-order valence-corrected chi connectivity index (χ3v) is 6.20. The summed E-state index contributed by atoms with van der Waals surface area (Å²) in [5.74, 6) is 1.46. The van der Waals surface area contributed by atoms with Gasteiger partial charge in [0.25, 0.3) is 0 Å². The number of benzene rings is 2. The number of rotatable bonds is 10. The molecule has 1 N–H and O–H groups in total. The highest BCUT2D eigenvalue weighted by Crippen LogP contribution is 2.30. The third-order valence-electron chi connectivity index (χ3n) is 6.20. The molecule has 4 aromatic rings. The third kappa shape index (κ3) is 5.75. The summed E-state index contributed by atoms with van der Waals surface area (Å²) in [7, 11) is 0. The topological polar surface area (TPSA) is 94.3 Å². The van der Waals surface area contributed by atoms with E-state index in [1.165, 1.54) is 19.3 Å². The number of H-pyrrole nitrogens is 1. The second-order valence-electron chi connectivity index (χ2n) is 10.1. The van der Waals surface area contributed by atoms with Crippen molar-refractivity contribution in [3.05, 3.63) is 70.4 Å². The molecule has 0 radical (unpaired) electrons. The monoisotopic (exact) mass is 473 g/mol. The smallest absolute Gasteiger partial charge is 0.274 e. The fourth-order valence-electron chi connectivity index (χ4n) is 4.34. The lowest BCUT2D eigenvalue weighted by Crippen LogP contribution is -2.28. The molecule has 0 spiro atoms. The number of hydrogen-bond acceptors (Lipinski definition) is 5. The molecule has 0 saturated heterocycles. The molecule has 0 saturated carbocycles. The maximum atomic E-state index is 13.3. The average molecular weight is 474 g/mol. The van der Waals surface area contributed by atoms with Crippen LogP contribution < -0.4 is 5.69 Å². The van der Waals surface area contributed by atoms with Gasteiger partial charge in [0.05, 0.1) is 6.54 Å². The first kappa shape index (κ1) is 24.6. The van der Waals surface area contributed by atoms with Gasteiger partial charge in [-0.15, -0.1) is 5.10 Å². The van der Waals surface area contributed by atoms with Crippen molar-refractivity contribution in [2.24, 2.45) is 0 Å². The van der Waals surface area contributed by atoms with Gasteiger partial charge in [-0.1, -0.05) is 102 Å². The summed E-state index contributed by atoms with van der Waals surface area (Å²) < 4.78 is 3.48. The van der Waals surface area contributed by atoms with Crippen molar-refractivity contribution in [2.75, 3.05) is 0 Å². The molecule has 2 heterocycles. The van der Waals surface area contributed by atoms with Gasteiger partial charge < -0.3 is 0 Å². The Bertz CT molecular complexity index is 1280. The Morgan fingerprint density at radius 2 is 1.63 bits per heavy atom. The highest BCUT2D eigenvalue weighted by molar-refractivity contribution is 5.80. The SMILES string of the molecule is CCCCCCCn1nc(C(C)(C)C)n(Cc2ccc(-c3ccccc3-c3nnn[nH]3)cc2)c1=O. The van der Waals surface area contributed by atoms with Crippen LogP contribution in [0.25, 0.3) is 22.5 Å². The summed E-state index contributed by atoms with van der Waals surface area (Å²) in [5, 5.41) is 19.1. The van der Waals surface area contributed by atoms with E-state index in [1.807, 2.05) is 22.8 Å². The molecule has 0 amide bonds. The lowest BCUT2D eigenvalue weighted by molar-refractivity contribution is 0.491. The van der Waals surface area contributed by atoms with Crippen LogP contribution in [0.2, 0.25) is 0 Å². The molecule has 8 nitrogen and oxygen atoms in total. The van der Waals surface area contributed by atoms with Crippen LogP contribution in [-0.2, 0) is 18.5 Å². The van der Waals surface area contributed by atoms with Crippen LogP contribution in [0.3, 0.4) is 0 Å². The molecule has 0 atom stereocenters. The van der Waals surface area contributed by atoms with Gasteiger partial charge in [0.15, 0.2) is 5.82 Å². The second-order valence-corrected chi connectivity index (χ2v) is 10.1. The van der Waals surface area contributed by atoms with Crippen molar-refractivity contribution < 1.29 is 0 Å². The first-order valence-corrected chi connectivity index (χ1v) is 12.5. The highest BCUT2D eigenvalue weighted by Gasteiger charge is 2.24. The van der Waals surface area contributed by atoms with Gasteiger partial charge in [-0.05, 0) is 33.5 Å². The average Bonchev–Trinajstić information content (AvgIpc) is 3.49. The van der Waals surface area contributed by atoms with E-state index < -0.39 is 0 Å². The summed E-state index contributed by atoms with van der Waals surface area (Å²) >= 11 is 0. The molecule has 0 bridgehead atoms. The van der Waals surface area contributed by atoms with E-state index in [2.05, 4.69) is 78.7 Å². The standard InChI is InChI=1S/C27H35N7O/c1-5-6-7-8-11-18-34-26(35)33(25(30-34)27(2,3)4)19-20-14-16-21(17-15-20)22-12-9-10-13-23(22)24-28-31-32-29-24/h9-10,12-17H,5-8,11,18-19H2,1-4H3,(H,28,29,31,32). The van der Waals surface area contributed by atoms with E-state index in [4.69, 9.17) is 5.10 Å². The Balaban J connectivity index is 1.57. The number of unbranched alkanes of at least 4 members (excludes halogenated alkanes) is 4. The van der Waals surface area contributed by atoms with Crippen molar-refractivity contribution in [3.63, 3.8) is 0 Å². The minimum absolute atomic E-state index is 0.0299. The van der Waals surface area contributed by atoms with Gasteiger partial charge in [0, 0.05) is 17.5 Å². The fourth-order valence-corrected chi connectivity index (χ4v) is 4.34. The number of aryl methyl sites for hydroxylation is 1. The van der Waals surface area contributed by atoms with E-state index in [9.17, 15) is 4.79 Å². The maximum absolute atomic E-state index is 13.3. The number of hydrogen-bond donors (Lipinski definition) is 1. The van der Waals surface area contributed by atoms with Crippen molar-refractivity contribution in [3.8, 4) is 22.5 Å². The Morgan fingerprint density at radius 1 is 0.914 bits per heavy atom. The zero-order valence-electron chi connectivity index (χ0n) is 21.2. The van der Waals surface area contributed by atoms with Gasteiger partial charge in [-0.2, -0.15) is 5.10 Å². The number of tetrazole rings is 1. The minimum atomic E-state index is -0.226. The molecule has 35 heavy (non-hydrogen) atoms. The Morgan fingerprint density at radius 3 is 2.29 bits per heavy atom. The van der Waals surface area contributed by atoms with E-state index >= 15 is 0 Å². The largest absolute Gasteiger partial charge is 0.346 e. The summed E-state index contributed by atoms with van der Waals surface area (Å²) in [6, 6.07) is 16.3. The van der Waals surface area contributed by atoms with Gasteiger partial charge >= 0.3 is 5.69 Å². The van der Waals surface area contributed by atoms with Gasteiger partial charge in [-0.25, -0.2) is 14.6 Å². The van der Waals surface area contributed by atoms with Crippen molar-refractivity contribution >= 4 is 0 Å². The molecule has 0 aliphatic heterocycles. The van der Waals surface area contributed by atoms with Crippen LogP contribution in [0.4, 0.5) is 0 Å². The molecule has 2 aromatic heterocycles. The molecule has 8 heteroatoms. The lowest BCUT2D eigenvalue weighted by atomic mass is 9.95. The normalized spacial score (nSPS) is 11.8. The predicted molar refractivity (Wildman–Crippen MR) is 138 cm³/mol. The molecule has 0 unspecified atom stereocenters. The Kier molecular flexibility index (Phi) is 7.58. The molecule has 0 aliphatic rings. The van der Waals surface area contributed by atoms with Crippen molar-refractivity contribution in [1.82, 2.24) is 35.0 Å². The fraction of sp³-hybridized carbons (Fsp3) is 0.444. The zero-order chi connectivity index (χ0) is 24.8. The second kappa shape index (κ2) is 10.8. The quantitative estimate of drug-likeness (QED) is 0.319. The van der Waals surface area contributed by atoms with E-state index in [-0.39, 0.29) is 11.1 Å². The molecular weight excluding hydrogens is 438 g/mol. The van der Waals surface area contributed by atoms with Crippen LogP contribution >= 0.6 is 0 Å². The number of nitrogens with zero attached hydrogens (tertiary/aromatic N) is 6. The minimum Gasteiger partial charge on any atom is -0.274 e. The summed E-state index contributed by atoms with van der Waals surface area (Å²) in [6.07, 6.45) is 5.78. The van der Waals surface area contributed by atoms with Crippen LogP contribution in [0.1, 0.15) is 71.2 Å². The Hall–Kier alpha value is -3.55. The number of nitrogens with one attached hydrogen (secondary N) is 1. The van der Waals surface area contributed by atoms with E-state index in [1.54, 1.807) is 4.68 Å². The maximum Gasteiger partial charge on any atom is 0.346 e. The van der Waals surface area contributed by atoms with Crippen LogP contribution in [0.5, 0.6) is 0 Å². The molecule has 184 valence electrons. The summed E-state index contributed by atoms with van der Waals surface area (Å²) in [4.78, 5) is 13.3. The van der Waals surface area contributed by atoms with Crippen molar-refractivity contribution in [2.45, 2.75) is 78.3 Å². The molecule has 0 fully saturated rings. The predicted octanol–water partition coefficient (Wildman–Crippen LogP) is 5.21. The lowest BCUT2D eigenvalue weighted by Gasteiger charge is -2.18. The van der Waals surface area contributed by atoms with Gasteiger partial charge in [0.1, 0.15) is 5.82 Å². The molecule has 4 rings (SSSR count). The van der Waals surface area contributed by atoms with E-state index in [0.717, 1.165) is 40.9 Å². The first-order chi connectivity index (χ1) is 16.9. The van der Waals surface area contributed by atoms with Crippen molar-refractivity contribution in [1.29, 1.82) is 0 Å². The van der Waals surface area contributed by atoms with Gasteiger partial charge in [0.2, 0.25) is 0 Å². The van der Waals surface area contributed by atoms with Crippen LogP contribution in [0, 0.1) is 0 Å². The van der Waals surface area contributed by atoms with Crippen LogP contribution in [0.15, 0.2) is 53.3 Å². The number of aromatic amines is 1. The zero-order valence-corrected chi connectivity index (χ0v) is 21.2. The molecule has 2 aromatic carbocycles. The molecular formula is C27H35N7O. The summed E-state index contributed by atoms with van der Waals surface area (Å²) in [5.41, 5.74) is 3.85. The summed E-state index contributed by atoms with van der Waals surface area (Å²) in [6.45, 7) is 9.70. The molecule has 0 aliphatic carbocycles. The Labute approximate surface area is 206 Å².